The summed E-state index contributed by atoms with van der Waals surface area (Å²) in [6.45, 7) is 17.3. The fourth-order valence-electron chi connectivity index (χ4n) is 11.0. The molecule has 0 saturated heterocycles. The zero-order valence-electron chi connectivity index (χ0n) is 71.2. The summed E-state index contributed by atoms with van der Waals surface area (Å²) in [6.07, 6.45) is 32.3. The van der Waals surface area contributed by atoms with Crippen molar-refractivity contribution in [2.24, 2.45) is 0 Å². The maximum atomic E-state index is 9.26. The van der Waals surface area contributed by atoms with Gasteiger partial charge in [-0.25, -0.2) is 24.9 Å². The van der Waals surface area contributed by atoms with Crippen LogP contribution in [0.25, 0.3) is 0 Å². The number of anilines is 10. The van der Waals surface area contributed by atoms with E-state index in [0.717, 1.165) is 107 Å². The van der Waals surface area contributed by atoms with E-state index in [1.54, 1.807) is 49.6 Å². The summed E-state index contributed by atoms with van der Waals surface area (Å²) in [5, 5.41) is 76.1. The standard InChI is InChI=1S/2C17H25N5O2.C16H23N5O2.C16H30N4O3.C13H22N8O2.5H2S/c1-2-3-6-13(8-10-23)21-16-15(11-20-17(18)22-16)24-12-14-7-4-5-9-19-14;1-2-3-4-14(7-10-23)21-16-15(11-20-17(18)22-16)24-12-13-5-8-19-9-6-13;1-2-5-12(7-9-22)20-15-14(10-19-16(17)21-15)23-11-13-6-3-4-8-18-13;1-4-5-6-13(7-8-21)19-15-14(11-18-16(17)20-15)23-10-9-22-12(2)3;1-2-3-4-9(5-6-22)16-12-10(7-15-13(14)17-12)23-8-11-18-20-21-19-11;;;;;/h4-5,7,9,11,13,23H,2-3,6,8,10,12H2,1H3,(H3,18,20,21,22);5-6,8-9,11,14,23H,2-4,7,10,12H2,1H3,(H3,18,20,21,22);3-4,6,8,10,12,22H,2,5,7,9,11H2,1H3,(H3,17,19,20,21);11-13,21H,4-10H2,1-3H3,(H3,17,18,19,20);7,9,22H,2-6,8H2,1H3,(H3,14,15,16,17)(H,18,19,20,21);5*1H2/t13-;14-;12-;13-;9-;;;;;/m00000...../s1. The fraction of sp³-hybridized carbons (Fsp3) is 0.544. The fourth-order valence-corrected chi connectivity index (χ4v) is 11.0. The van der Waals surface area contributed by atoms with Crippen LogP contribution < -0.4 is 78.9 Å². The number of aliphatic hydroxyl groups excluding tert-OH is 5. The van der Waals surface area contributed by atoms with Crippen LogP contribution in [0.1, 0.15) is 193 Å². The summed E-state index contributed by atoms with van der Waals surface area (Å²) in [4.78, 5) is 53.5. The number of pyridine rings is 3. The highest BCUT2D eigenvalue weighted by molar-refractivity contribution is 7.60. The van der Waals surface area contributed by atoms with Gasteiger partial charge in [0, 0.05) is 88.0 Å². The van der Waals surface area contributed by atoms with Crippen molar-refractivity contribution >= 4 is 126 Å². The number of aromatic nitrogens is 17. The summed E-state index contributed by atoms with van der Waals surface area (Å²) < 4.78 is 34.2. The Labute approximate surface area is 751 Å². The molecule has 0 unspecified atom stereocenters. The number of nitrogen functional groups attached to an aromatic ring is 5. The number of aromatic amines is 1. The van der Waals surface area contributed by atoms with E-state index in [2.05, 4.69) is 147 Å². The summed E-state index contributed by atoms with van der Waals surface area (Å²) in [6, 6.07) is 15.6. The first-order valence-electron chi connectivity index (χ1n) is 40.1. The molecule has 0 aliphatic carbocycles. The third-order valence-electron chi connectivity index (χ3n) is 17.1. The smallest absolute Gasteiger partial charge is 0.222 e. The van der Waals surface area contributed by atoms with E-state index in [1.165, 1.54) is 6.20 Å². The lowest BCUT2D eigenvalue weighted by molar-refractivity contribution is 0.0553. The van der Waals surface area contributed by atoms with E-state index in [0.29, 0.717) is 129 Å². The van der Waals surface area contributed by atoms with E-state index >= 15 is 0 Å². The number of H-pyrrole nitrogens is 1. The SMILES string of the molecule is CCCC[C@@H](CCO)Nc1nc(N)ncc1OCCOC(C)C.CCCC[C@@H](CCO)Nc1nc(N)ncc1OCc1ccccn1.CCCC[C@@H](CCO)Nc1nc(N)ncc1OCc1ccncc1.CCCC[C@@H](CCO)Nc1nc(N)ncc1OCc1nn[nH]n1.CCC[C@@H](CCO)Nc1nc(N)ncc1OCc1ccccn1.S.S.S.S.S. The van der Waals surface area contributed by atoms with Gasteiger partial charge < -0.3 is 109 Å². The maximum absolute atomic E-state index is 9.26. The molecule has 9 heterocycles. The van der Waals surface area contributed by atoms with E-state index in [-0.39, 0.29) is 173 Å². The van der Waals surface area contributed by atoms with Crippen LogP contribution in [-0.4, -0.2) is 194 Å². The minimum atomic E-state index is 0. The molecule has 122 heavy (non-hydrogen) atoms. The Bertz CT molecular complexity index is 3930. The number of nitrogens with one attached hydrogen (secondary N) is 6. The van der Waals surface area contributed by atoms with Gasteiger partial charge >= 0.3 is 0 Å². The molecule has 0 saturated carbocycles. The minimum absolute atomic E-state index is 0. The maximum Gasteiger partial charge on any atom is 0.222 e. The summed E-state index contributed by atoms with van der Waals surface area (Å²) in [5.41, 5.74) is 31.1. The van der Waals surface area contributed by atoms with Crippen molar-refractivity contribution in [3.05, 3.63) is 127 Å². The van der Waals surface area contributed by atoms with Crippen LogP contribution in [0.2, 0.25) is 0 Å². The zero-order valence-corrected chi connectivity index (χ0v) is 76.2. The number of nitrogens with zero attached hydrogens (tertiary/aromatic N) is 16. The van der Waals surface area contributed by atoms with Crippen LogP contribution in [-0.2, 0) is 31.2 Å². The first kappa shape index (κ1) is 112. The molecule has 38 nitrogen and oxygen atoms in total. The van der Waals surface area contributed by atoms with Gasteiger partial charge in [-0.2, -0.15) is 97.6 Å². The highest BCUT2D eigenvalue weighted by atomic mass is 32.1. The second-order valence-electron chi connectivity index (χ2n) is 27.1. The van der Waals surface area contributed by atoms with E-state index in [9.17, 15) is 25.5 Å². The molecule has 5 atom stereocenters. The average Bonchev–Trinajstić information content (AvgIpc) is 1.15. The lowest BCUT2D eigenvalue weighted by atomic mass is 10.1. The van der Waals surface area contributed by atoms with Gasteiger partial charge in [0.25, 0.3) is 0 Å². The molecule has 0 spiro atoms. The van der Waals surface area contributed by atoms with Crippen LogP contribution in [0, 0.1) is 0 Å². The molecule has 0 amide bonds. The van der Waals surface area contributed by atoms with Crippen molar-refractivity contribution in [1.82, 2.24) is 85.4 Å². The van der Waals surface area contributed by atoms with Gasteiger partial charge in [-0.15, -0.1) is 10.2 Å². The predicted molar refractivity (Wildman–Crippen MR) is 504 cm³/mol. The Morgan fingerprint density at radius 1 is 0.361 bits per heavy atom. The van der Waals surface area contributed by atoms with Gasteiger partial charge in [0.2, 0.25) is 35.6 Å². The highest BCUT2D eigenvalue weighted by Gasteiger charge is 2.21. The number of rotatable bonds is 51. The molecular weight excluding hydrogens is 1660 g/mol. The Balaban J connectivity index is 0.00000149. The lowest BCUT2D eigenvalue weighted by Gasteiger charge is -2.20. The second-order valence-corrected chi connectivity index (χ2v) is 27.1. The first-order chi connectivity index (χ1) is 57.0. The zero-order chi connectivity index (χ0) is 84.5. The molecule has 43 heteroatoms. The first-order valence-corrected chi connectivity index (χ1v) is 40.1. The van der Waals surface area contributed by atoms with Gasteiger partial charge in [-0.05, 0) is 120 Å². The Hall–Kier alpha value is -9.57. The molecule has 0 aromatic carbocycles. The van der Waals surface area contributed by atoms with Crippen molar-refractivity contribution in [2.45, 2.75) is 233 Å². The number of hydrogen-bond acceptors (Lipinski definition) is 37. The topological polar surface area (TPSA) is 569 Å². The number of unbranched alkanes of at least 4 members (excludes halogenated alkanes) is 4. The van der Waals surface area contributed by atoms with Gasteiger partial charge in [-0.1, -0.05) is 110 Å². The average molecular weight is 1800 g/mol. The summed E-state index contributed by atoms with van der Waals surface area (Å²) >= 11 is 0. The monoisotopic (exact) mass is 1800 g/mol. The van der Waals surface area contributed by atoms with Gasteiger partial charge in [0.05, 0.1) is 55.1 Å². The molecule has 9 rings (SSSR count). The molecule has 0 radical (unpaired) electrons. The van der Waals surface area contributed by atoms with E-state index in [4.69, 9.17) is 57.1 Å². The molecular formula is C79H135N27O11S5. The van der Waals surface area contributed by atoms with E-state index in [1.807, 2.05) is 62.4 Å². The quantitative estimate of drug-likeness (QED) is 0.0158. The molecule has 9 aromatic heterocycles. The van der Waals surface area contributed by atoms with Crippen molar-refractivity contribution < 1.29 is 54.0 Å². The van der Waals surface area contributed by atoms with Gasteiger partial charge in [0.1, 0.15) is 26.4 Å². The van der Waals surface area contributed by atoms with Crippen molar-refractivity contribution in [2.75, 3.05) is 102 Å². The lowest BCUT2D eigenvalue weighted by Crippen LogP contribution is -2.23. The number of hydrogen-bond donors (Lipinski definition) is 16. The number of ether oxygens (including phenoxy) is 6. The molecule has 682 valence electrons. The van der Waals surface area contributed by atoms with E-state index < -0.39 is 0 Å². The Morgan fingerprint density at radius 3 is 0.967 bits per heavy atom. The predicted octanol–water partition coefficient (Wildman–Crippen LogP) is 10.1. The summed E-state index contributed by atoms with van der Waals surface area (Å²) in [5.74, 6) is 6.60. The largest absolute Gasteiger partial charge is 0.486 e. The van der Waals surface area contributed by atoms with Crippen molar-refractivity contribution in [3.8, 4) is 28.7 Å². The Morgan fingerprint density at radius 2 is 0.680 bits per heavy atom. The molecule has 9 aromatic rings. The molecule has 0 aliphatic rings. The highest BCUT2D eigenvalue weighted by Crippen LogP contribution is 2.30. The van der Waals surface area contributed by atoms with Crippen LogP contribution in [0.3, 0.4) is 0 Å². The Kier molecular flexibility index (Phi) is 63.5. The van der Waals surface area contributed by atoms with Gasteiger partial charge in [-0.3, -0.25) is 15.0 Å². The van der Waals surface area contributed by atoms with Crippen LogP contribution >= 0.6 is 67.5 Å². The number of tetrazole rings is 1. The van der Waals surface area contributed by atoms with Crippen molar-refractivity contribution in [1.29, 1.82) is 0 Å². The van der Waals surface area contributed by atoms with Crippen LogP contribution in [0.5, 0.6) is 28.7 Å². The normalized spacial score (nSPS) is 11.5. The number of nitrogens with two attached hydrogens (primary N) is 5. The molecule has 21 N–H and O–H groups in total. The minimum Gasteiger partial charge on any atom is -0.486 e. The van der Waals surface area contributed by atoms with Crippen molar-refractivity contribution in [3.63, 3.8) is 0 Å². The molecule has 0 fully saturated rings. The summed E-state index contributed by atoms with van der Waals surface area (Å²) in [7, 11) is 0. The molecule has 0 aliphatic heterocycles. The third-order valence-corrected chi connectivity index (χ3v) is 17.1. The third kappa shape index (κ3) is 47.2. The second kappa shape index (κ2) is 68.9. The molecule has 0 bridgehead atoms. The van der Waals surface area contributed by atoms with Gasteiger partial charge in [0.15, 0.2) is 64.4 Å². The van der Waals surface area contributed by atoms with Crippen LogP contribution in [0.4, 0.5) is 58.8 Å². The number of aliphatic hydroxyl groups is 5. The van der Waals surface area contributed by atoms with Crippen LogP contribution in [0.15, 0.2) is 104 Å².